The van der Waals surface area contributed by atoms with E-state index in [9.17, 15) is 13.2 Å². The van der Waals surface area contributed by atoms with Crippen LogP contribution in [0.5, 0.6) is 0 Å². The molecule has 0 bridgehead atoms. The van der Waals surface area contributed by atoms with Gasteiger partial charge in [-0.05, 0) is 51.1 Å². The van der Waals surface area contributed by atoms with Gasteiger partial charge in [0.1, 0.15) is 0 Å². The predicted octanol–water partition coefficient (Wildman–Crippen LogP) is 3.46. The number of sulfonamides is 1. The van der Waals surface area contributed by atoms with Crippen molar-refractivity contribution < 1.29 is 13.2 Å². The van der Waals surface area contributed by atoms with E-state index < -0.39 is 10.0 Å². The van der Waals surface area contributed by atoms with Gasteiger partial charge in [-0.25, -0.2) is 8.42 Å². The average Bonchev–Trinajstić information content (AvgIpc) is 2.77. The topological polar surface area (TPSA) is 69.7 Å². The summed E-state index contributed by atoms with van der Waals surface area (Å²) in [6.07, 6.45) is 7.32. The van der Waals surface area contributed by atoms with Gasteiger partial charge in [0.15, 0.2) is 0 Å². The quantitative estimate of drug-likeness (QED) is 0.585. The maximum absolute atomic E-state index is 12.9. The molecule has 1 amide bonds. The van der Waals surface area contributed by atoms with Gasteiger partial charge in [0.25, 0.3) is 5.91 Å². The molecule has 1 saturated heterocycles. The van der Waals surface area contributed by atoms with Crippen LogP contribution in [0.25, 0.3) is 0 Å². The summed E-state index contributed by atoms with van der Waals surface area (Å²) in [4.78, 5) is 15.2. The summed E-state index contributed by atoms with van der Waals surface area (Å²) in [5, 5.41) is 3.16. The molecule has 6 nitrogen and oxygen atoms in total. The molecule has 0 spiro atoms. The van der Waals surface area contributed by atoms with Crippen LogP contribution in [0, 0.1) is 0 Å². The van der Waals surface area contributed by atoms with Crippen LogP contribution < -0.4 is 5.32 Å². The highest BCUT2D eigenvalue weighted by Crippen LogP contribution is 2.25. The summed E-state index contributed by atoms with van der Waals surface area (Å²) in [6, 6.07) is 5.04. The van der Waals surface area contributed by atoms with Crippen molar-refractivity contribution >= 4 is 39.3 Å². The number of nitrogens with one attached hydrogen (secondary N) is 1. The number of halogens is 1. The van der Waals surface area contributed by atoms with Crippen molar-refractivity contribution in [1.82, 2.24) is 14.5 Å². The van der Waals surface area contributed by atoms with Crippen molar-refractivity contribution in [1.29, 1.82) is 0 Å². The van der Waals surface area contributed by atoms with Crippen LogP contribution in [-0.4, -0.2) is 74.3 Å². The molecule has 2 fully saturated rings. The zero-order chi connectivity index (χ0) is 21.6. The van der Waals surface area contributed by atoms with Gasteiger partial charge in [-0.2, -0.15) is 16.1 Å². The molecule has 1 aliphatic heterocycles. The Morgan fingerprint density at radius 1 is 1.23 bits per heavy atom. The molecule has 30 heavy (non-hydrogen) atoms. The van der Waals surface area contributed by atoms with Crippen molar-refractivity contribution in [2.24, 2.45) is 0 Å². The summed E-state index contributed by atoms with van der Waals surface area (Å²) >= 11 is 7.96. The largest absolute Gasteiger partial charge is 0.352 e. The Labute approximate surface area is 189 Å². The zero-order valence-electron chi connectivity index (χ0n) is 17.6. The van der Waals surface area contributed by atoms with E-state index in [1.54, 1.807) is 11.8 Å². The minimum Gasteiger partial charge on any atom is -0.352 e. The molecule has 1 aromatic carbocycles. The molecule has 0 radical (unpaired) electrons. The molecular formula is C21H32ClN3O3S2. The van der Waals surface area contributed by atoms with E-state index >= 15 is 0 Å². The minimum atomic E-state index is -3.61. The highest BCUT2D eigenvalue weighted by atomic mass is 35.5. The van der Waals surface area contributed by atoms with Gasteiger partial charge in [0, 0.05) is 37.2 Å². The number of carbonyl (C=O) groups is 1. The van der Waals surface area contributed by atoms with E-state index in [-0.39, 0.29) is 21.4 Å². The molecule has 2 aliphatic rings. The fraction of sp³-hybridized carbons (Fsp3) is 0.667. The van der Waals surface area contributed by atoms with Crippen LogP contribution in [0.4, 0.5) is 0 Å². The number of thioether (sulfide) groups is 1. The molecule has 168 valence electrons. The van der Waals surface area contributed by atoms with Crippen LogP contribution in [0.3, 0.4) is 0 Å². The van der Waals surface area contributed by atoms with Gasteiger partial charge < -0.3 is 10.2 Å². The maximum Gasteiger partial charge on any atom is 0.252 e. The van der Waals surface area contributed by atoms with Crippen LogP contribution in [0.1, 0.15) is 48.9 Å². The van der Waals surface area contributed by atoms with Gasteiger partial charge in [-0.1, -0.05) is 30.9 Å². The molecule has 9 heteroatoms. The lowest BCUT2D eigenvalue weighted by molar-refractivity contribution is 0.0950. The van der Waals surface area contributed by atoms with E-state index in [1.807, 2.05) is 0 Å². The first-order valence-corrected chi connectivity index (χ1v) is 13.7. The maximum atomic E-state index is 12.9. The molecule has 1 saturated carbocycles. The first kappa shape index (κ1) is 23.9. The Balaban J connectivity index is 1.55. The Hall–Kier alpha value is -0.800. The van der Waals surface area contributed by atoms with Gasteiger partial charge in [0.05, 0.1) is 15.5 Å². The number of hydrogen-bond acceptors (Lipinski definition) is 5. The van der Waals surface area contributed by atoms with Crippen LogP contribution in [-0.2, 0) is 10.0 Å². The standard InChI is InChI=1S/C21H32ClN3O3S2/c1-24(17-6-3-2-4-7-17)11-5-10-23-21(26)19-16-18(8-9-20(19)22)30(27,28)25-12-14-29-15-13-25/h8-9,16-17H,2-7,10-15H2,1H3,(H,23,26). The second-order valence-corrected chi connectivity index (χ2v) is 11.6. The third-order valence-corrected chi connectivity index (χ3v) is 9.13. The summed E-state index contributed by atoms with van der Waals surface area (Å²) in [7, 11) is -1.45. The molecule has 1 heterocycles. The molecule has 1 N–H and O–H groups in total. The molecular weight excluding hydrogens is 442 g/mol. The van der Waals surface area contributed by atoms with E-state index in [0.29, 0.717) is 25.7 Å². The van der Waals surface area contributed by atoms with E-state index in [4.69, 9.17) is 11.6 Å². The SMILES string of the molecule is CN(CCCNC(=O)c1cc(S(=O)(=O)N2CCSCC2)ccc1Cl)C1CCCCC1. The third-order valence-electron chi connectivity index (χ3n) is 5.96. The predicted molar refractivity (Wildman–Crippen MR) is 124 cm³/mol. The Morgan fingerprint density at radius 3 is 2.63 bits per heavy atom. The highest BCUT2D eigenvalue weighted by Gasteiger charge is 2.27. The average molecular weight is 474 g/mol. The molecule has 0 atom stereocenters. The van der Waals surface area contributed by atoms with E-state index in [1.165, 1.54) is 54.6 Å². The van der Waals surface area contributed by atoms with Gasteiger partial charge in [-0.3, -0.25) is 4.79 Å². The number of amides is 1. The lowest BCUT2D eigenvalue weighted by atomic mass is 9.94. The molecule has 0 unspecified atom stereocenters. The fourth-order valence-electron chi connectivity index (χ4n) is 4.10. The third kappa shape index (κ3) is 6.13. The lowest BCUT2D eigenvalue weighted by Gasteiger charge is -2.31. The zero-order valence-corrected chi connectivity index (χ0v) is 20.0. The number of benzene rings is 1. The molecule has 1 aromatic rings. The van der Waals surface area contributed by atoms with Gasteiger partial charge >= 0.3 is 0 Å². The van der Waals surface area contributed by atoms with Crippen LogP contribution in [0.2, 0.25) is 5.02 Å². The van der Waals surface area contributed by atoms with Crippen molar-refractivity contribution in [3.63, 3.8) is 0 Å². The molecule has 3 rings (SSSR count). The second-order valence-electron chi connectivity index (χ2n) is 8.04. The molecule has 0 aromatic heterocycles. The summed E-state index contributed by atoms with van der Waals surface area (Å²) in [5.41, 5.74) is 0.213. The molecule has 1 aliphatic carbocycles. The van der Waals surface area contributed by atoms with Crippen LogP contribution >= 0.6 is 23.4 Å². The Kier molecular flexibility index (Phi) is 8.89. The van der Waals surface area contributed by atoms with E-state index in [2.05, 4.69) is 17.3 Å². The van der Waals surface area contributed by atoms with Gasteiger partial charge in [0.2, 0.25) is 10.0 Å². The number of hydrogen-bond donors (Lipinski definition) is 1. The van der Waals surface area contributed by atoms with Crippen LogP contribution in [0.15, 0.2) is 23.1 Å². The highest BCUT2D eigenvalue weighted by molar-refractivity contribution is 7.99. The van der Waals surface area contributed by atoms with Crippen molar-refractivity contribution in [3.8, 4) is 0 Å². The summed E-state index contributed by atoms with van der Waals surface area (Å²) in [5.74, 6) is 1.25. The first-order valence-electron chi connectivity index (χ1n) is 10.8. The smallest absolute Gasteiger partial charge is 0.252 e. The monoisotopic (exact) mass is 473 g/mol. The lowest BCUT2D eigenvalue weighted by Crippen LogP contribution is -2.38. The first-order chi connectivity index (χ1) is 14.4. The normalized spacial score (nSPS) is 19.2. The van der Waals surface area contributed by atoms with Gasteiger partial charge in [-0.15, -0.1) is 0 Å². The second kappa shape index (κ2) is 11.2. The summed E-state index contributed by atoms with van der Waals surface area (Å²) < 4.78 is 27.3. The number of nitrogens with zero attached hydrogens (tertiary/aromatic N) is 2. The number of rotatable bonds is 8. The minimum absolute atomic E-state index is 0.126. The van der Waals surface area contributed by atoms with Crippen molar-refractivity contribution in [2.45, 2.75) is 49.5 Å². The van der Waals surface area contributed by atoms with Crippen molar-refractivity contribution in [2.75, 3.05) is 44.7 Å². The van der Waals surface area contributed by atoms with Crippen molar-refractivity contribution in [3.05, 3.63) is 28.8 Å². The van der Waals surface area contributed by atoms with E-state index in [0.717, 1.165) is 24.5 Å². The Bertz CT molecular complexity index is 823. The fourth-order valence-corrected chi connectivity index (χ4v) is 6.91. The number of carbonyl (C=O) groups excluding carboxylic acids is 1. The Morgan fingerprint density at radius 2 is 1.93 bits per heavy atom. The summed E-state index contributed by atoms with van der Waals surface area (Å²) in [6.45, 7) is 2.45.